The van der Waals surface area contributed by atoms with Crippen LogP contribution in [-0.2, 0) is 9.59 Å². The van der Waals surface area contributed by atoms with E-state index in [1.807, 2.05) is 12.1 Å². The molecule has 0 bridgehead atoms. The van der Waals surface area contributed by atoms with Gasteiger partial charge in [0.15, 0.2) is 0 Å². The summed E-state index contributed by atoms with van der Waals surface area (Å²) in [7, 11) is 0. The minimum Gasteiger partial charge on any atom is -0.222 e. The number of nitrogens with one attached hydrogen (secondary N) is 2. The van der Waals surface area contributed by atoms with Crippen molar-refractivity contribution in [3.63, 3.8) is 0 Å². The first-order valence-electron chi connectivity index (χ1n) is 5.98. The molecule has 2 aromatic rings. The maximum absolute atomic E-state index is 8.35. The average Bonchev–Trinajstić information content (AvgIpc) is 2.52. The summed E-state index contributed by atoms with van der Waals surface area (Å²) in [5.41, 5.74) is 2.55. The molecule has 0 aliphatic carbocycles. The van der Waals surface area contributed by atoms with Gasteiger partial charge in [-0.3, -0.25) is 0 Å². The van der Waals surface area contributed by atoms with E-state index >= 15 is 0 Å². The van der Waals surface area contributed by atoms with Crippen molar-refractivity contribution in [1.82, 2.24) is 0 Å². The fourth-order valence-corrected chi connectivity index (χ4v) is 2.10. The summed E-state index contributed by atoms with van der Waals surface area (Å²) in [6, 6.07) is 20.8. The Bertz CT molecular complexity index is 510. The van der Waals surface area contributed by atoms with Gasteiger partial charge in [-0.15, -0.1) is 11.6 Å². The topological polar surface area (TPSA) is 81.8 Å². The van der Waals surface area contributed by atoms with Crippen LogP contribution in [0.2, 0.25) is 0 Å². The van der Waals surface area contributed by atoms with E-state index < -0.39 is 0 Å². The number of benzene rings is 2. The molecule has 5 heteroatoms. The maximum Gasteiger partial charge on any atom is 0.231 e. The molecule has 0 saturated carbocycles. The fourth-order valence-electron chi connectivity index (χ4n) is 1.74. The van der Waals surface area contributed by atoms with Gasteiger partial charge in [-0.1, -0.05) is 60.7 Å². The van der Waals surface area contributed by atoms with E-state index in [-0.39, 0.29) is 0 Å². The molecule has 0 unspecified atom stereocenters. The van der Waals surface area contributed by atoms with E-state index in [9.17, 15) is 0 Å². The van der Waals surface area contributed by atoms with Crippen molar-refractivity contribution in [1.29, 1.82) is 10.8 Å². The predicted molar refractivity (Wildman–Crippen MR) is 82.3 cm³/mol. The van der Waals surface area contributed by atoms with E-state index in [0.717, 1.165) is 12.2 Å². The molecule has 2 N–H and O–H groups in total. The van der Waals surface area contributed by atoms with Gasteiger partial charge in [-0.2, -0.15) is 0 Å². The van der Waals surface area contributed by atoms with Crippen LogP contribution in [0.1, 0.15) is 17.0 Å². The highest BCUT2D eigenvalue weighted by molar-refractivity contribution is 6.18. The smallest absolute Gasteiger partial charge is 0.222 e. The third-order valence-corrected chi connectivity index (χ3v) is 2.87. The van der Waals surface area contributed by atoms with Crippen molar-refractivity contribution in [2.24, 2.45) is 0 Å². The van der Waals surface area contributed by atoms with Gasteiger partial charge in [0.05, 0.1) is 0 Å². The Balaban J connectivity index is 0.000000578. The molecule has 0 atom stereocenters. The lowest BCUT2D eigenvalue weighted by atomic mass is 9.93. The van der Waals surface area contributed by atoms with Crippen LogP contribution in [0.3, 0.4) is 0 Å². The Labute approximate surface area is 128 Å². The Hall–Kier alpha value is -2.51. The lowest BCUT2D eigenvalue weighted by Crippen LogP contribution is -2.01. The first kappa shape index (κ1) is 18.5. The van der Waals surface area contributed by atoms with Crippen molar-refractivity contribution < 1.29 is 9.59 Å². The zero-order chi connectivity index (χ0) is 15.9. The van der Waals surface area contributed by atoms with Crippen molar-refractivity contribution >= 4 is 23.8 Å². The second kappa shape index (κ2) is 12.5. The molecule has 0 saturated heterocycles. The van der Waals surface area contributed by atoms with Gasteiger partial charge in [0.2, 0.25) is 12.2 Å². The maximum atomic E-state index is 8.35. The third kappa shape index (κ3) is 7.61. The first-order chi connectivity index (χ1) is 10.2. The largest absolute Gasteiger partial charge is 0.231 e. The van der Waals surface area contributed by atoms with E-state index in [1.165, 1.54) is 11.1 Å². The van der Waals surface area contributed by atoms with E-state index in [4.69, 9.17) is 32.0 Å². The molecule has 0 heterocycles. The number of hydrogen-bond acceptors (Lipinski definition) is 4. The summed E-state index contributed by atoms with van der Waals surface area (Å²) in [6.45, 7) is 0. The number of rotatable bonds is 3. The predicted octanol–water partition coefficient (Wildman–Crippen LogP) is 3.86. The standard InChI is InChI=1S/C14H13Cl.2CHNO/c15-11-14(12-7-3-1-4-8-12)13-9-5-2-6-10-13;2*2-1-3/h1-10,14H,11H2;2*2H. The van der Waals surface area contributed by atoms with E-state index in [0.29, 0.717) is 11.8 Å². The highest BCUT2D eigenvalue weighted by Crippen LogP contribution is 2.25. The molecule has 0 fully saturated rings. The van der Waals surface area contributed by atoms with Gasteiger partial charge in [0.25, 0.3) is 0 Å². The number of carbonyl (C=O) groups excluding carboxylic acids is 2. The Morgan fingerprint density at radius 2 is 1.10 bits per heavy atom. The van der Waals surface area contributed by atoms with Crippen LogP contribution in [-0.4, -0.2) is 18.0 Å². The van der Waals surface area contributed by atoms with Crippen LogP contribution in [0.4, 0.5) is 0 Å². The van der Waals surface area contributed by atoms with Gasteiger partial charge < -0.3 is 0 Å². The third-order valence-electron chi connectivity index (χ3n) is 2.56. The van der Waals surface area contributed by atoms with Crippen LogP contribution in [0, 0.1) is 10.8 Å². The van der Waals surface area contributed by atoms with E-state index in [2.05, 4.69) is 48.5 Å². The number of alkyl halides is 1. The molecule has 0 spiro atoms. The van der Waals surface area contributed by atoms with Crippen LogP contribution in [0.15, 0.2) is 60.7 Å². The van der Waals surface area contributed by atoms with Crippen molar-refractivity contribution in [2.75, 3.05) is 5.88 Å². The van der Waals surface area contributed by atoms with Crippen molar-refractivity contribution in [3.8, 4) is 0 Å². The SMILES string of the molecule is ClCC(c1ccccc1)c1ccccc1.N=C=O.N=C=O. The molecule has 0 aliphatic rings. The lowest BCUT2D eigenvalue weighted by molar-refractivity contribution is 0.562. The highest BCUT2D eigenvalue weighted by Gasteiger charge is 2.11. The Morgan fingerprint density at radius 3 is 1.33 bits per heavy atom. The molecular weight excluding hydrogens is 288 g/mol. The van der Waals surface area contributed by atoms with Gasteiger partial charge in [-0.25, -0.2) is 20.4 Å². The minimum atomic E-state index is 0.300. The van der Waals surface area contributed by atoms with Crippen molar-refractivity contribution in [2.45, 2.75) is 5.92 Å². The molecule has 21 heavy (non-hydrogen) atoms. The summed E-state index contributed by atoms with van der Waals surface area (Å²) in [5.74, 6) is 0.919. The van der Waals surface area contributed by atoms with Crippen molar-refractivity contribution in [3.05, 3.63) is 71.8 Å². The summed E-state index contributed by atoms with van der Waals surface area (Å²) in [5, 5.41) is 10.8. The summed E-state index contributed by atoms with van der Waals surface area (Å²) >= 11 is 6.04. The molecule has 0 aliphatic heterocycles. The number of halogens is 1. The molecule has 2 rings (SSSR count). The van der Waals surface area contributed by atoms with Gasteiger partial charge in [0, 0.05) is 11.8 Å². The molecule has 108 valence electrons. The van der Waals surface area contributed by atoms with E-state index in [1.54, 1.807) is 0 Å². The normalized spacial score (nSPS) is 8.29. The Kier molecular flexibility index (Phi) is 11.0. The molecule has 0 aromatic heterocycles. The summed E-state index contributed by atoms with van der Waals surface area (Å²) < 4.78 is 0. The first-order valence-corrected chi connectivity index (χ1v) is 6.52. The monoisotopic (exact) mass is 302 g/mol. The minimum absolute atomic E-state index is 0.300. The van der Waals surface area contributed by atoms with Gasteiger partial charge >= 0.3 is 0 Å². The summed E-state index contributed by atoms with van der Waals surface area (Å²) in [6.07, 6.45) is 1.50. The van der Waals surface area contributed by atoms with Gasteiger partial charge in [0.1, 0.15) is 0 Å². The Morgan fingerprint density at radius 1 is 0.810 bits per heavy atom. The zero-order valence-electron chi connectivity index (χ0n) is 11.3. The molecule has 0 radical (unpaired) electrons. The van der Waals surface area contributed by atoms with Crippen LogP contribution < -0.4 is 0 Å². The average molecular weight is 303 g/mol. The quantitative estimate of drug-likeness (QED) is 0.513. The second-order valence-corrected chi connectivity index (χ2v) is 4.04. The zero-order valence-corrected chi connectivity index (χ0v) is 12.0. The fraction of sp³-hybridized carbons (Fsp3) is 0.125. The summed E-state index contributed by atoms with van der Waals surface area (Å²) in [4.78, 5) is 16.7. The number of hydrogen-bond donors (Lipinski definition) is 2. The molecule has 2 aromatic carbocycles. The van der Waals surface area contributed by atoms with Crippen LogP contribution in [0.5, 0.6) is 0 Å². The molecule has 0 amide bonds. The van der Waals surface area contributed by atoms with Crippen LogP contribution >= 0.6 is 11.6 Å². The second-order valence-electron chi connectivity index (χ2n) is 3.73. The lowest BCUT2D eigenvalue weighted by Gasteiger charge is -2.14. The van der Waals surface area contributed by atoms with Gasteiger partial charge in [-0.05, 0) is 11.1 Å². The molecule has 4 nitrogen and oxygen atoms in total. The molecular formula is C16H15ClN2O2. The highest BCUT2D eigenvalue weighted by atomic mass is 35.5. The van der Waals surface area contributed by atoms with Crippen LogP contribution in [0.25, 0.3) is 0 Å². The number of isocyanates is 2.